The maximum Gasteiger partial charge on any atom is 0.146 e. The van der Waals surface area contributed by atoms with Gasteiger partial charge in [0.05, 0.1) is 5.69 Å². The maximum absolute atomic E-state index is 14.2. The summed E-state index contributed by atoms with van der Waals surface area (Å²) in [7, 11) is 1.92. The van der Waals surface area contributed by atoms with Gasteiger partial charge in [-0.15, -0.1) is 0 Å². The quantitative estimate of drug-likeness (QED) is 0.833. The summed E-state index contributed by atoms with van der Waals surface area (Å²) in [6.45, 7) is 4.24. The van der Waals surface area contributed by atoms with E-state index in [1.165, 1.54) is 6.07 Å². The topological polar surface area (TPSA) is 15.3 Å². The first-order chi connectivity index (χ1) is 10.1. The molecule has 4 heteroatoms. The number of anilines is 1. The van der Waals surface area contributed by atoms with E-state index < -0.39 is 0 Å². The second kappa shape index (κ2) is 7.57. The molecule has 0 radical (unpaired) electrons. The van der Waals surface area contributed by atoms with Gasteiger partial charge >= 0.3 is 0 Å². The predicted molar refractivity (Wildman–Crippen MR) is 90.0 cm³/mol. The lowest BCUT2D eigenvalue weighted by molar-refractivity contribution is 0.615. The molecule has 0 bridgehead atoms. The molecule has 0 aliphatic heterocycles. The molecular weight excluding hydrogens is 331 g/mol. The van der Waals surface area contributed by atoms with Crippen LogP contribution in [0.5, 0.6) is 0 Å². The van der Waals surface area contributed by atoms with Crippen molar-refractivity contribution in [3.8, 4) is 0 Å². The lowest BCUT2D eigenvalue weighted by Gasteiger charge is -2.24. The van der Waals surface area contributed by atoms with Gasteiger partial charge in [-0.1, -0.05) is 53.2 Å². The fraction of sp³-hybridized carbons (Fsp3) is 0.294. The summed E-state index contributed by atoms with van der Waals surface area (Å²) in [6.07, 6.45) is 0. The van der Waals surface area contributed by atoms with E-state index in [2.05, 4.69) is 21.2 Å². The third-order valence-electron chi connectivity index (χ3n) is 3.38. The number of nitrogens with zero attached hydrogens (tertiary/aromatic N) is 1. The van der Waals surface area contributed by atoms with E-state index in [1.807, 2.05) is 49.2 Å². The smallest absolute Gasteiger partial charge is 0.146 e. The molecule has 2 rings (SSSR count). The van der Waals surface area contributed by atoms with Gasteiger partial charge in [-0.2, -0.15) is 0 Å². The van der Waals surface area contributed by atoms with Crippen LogP contribution < -0.4 is 10.2 Å². The van der Waals surface area contributed by atoms with Crippen molar-refractivity contribution in [2.24, 2.45) is 0 Å². The van der Waals surface area contributed by atoms with Gasteiger partial charge in [0.1, 0.15) is 5.82 Å². The molecule has 0 spiro atoms. The van der Waals surface area contributed by atoms with Gasteiger partial charge in [0.15, 0.2) is 0 Å². The number of rotatable bonds is 6. The summed E-state index contributed by atoms with van der Waals surface area (Å²) in [5, 5.41) is 3.26. The van der Waals surface area contributed by atoms with Crippen molar-refractivity contribution in [1.82, 2.24) is 5.32 Å². The minimum Gasteiger partial charge on any atom is -0.368 e. The SMILES string of the molecule is CCNCc1cccc(F)c1N(C)Cc1ccccc1Br. The van der Waals surface area contributed by atoms with Crippen molar-refractivity contribution in [2.45, 2.75) is 20.0 Å². The first kappa shape index (κ1) is 16.0. The van der Waals surface area contributed by atoms with Gasteiger partial charge in [0, 0.05) is 24.6 Å². The molecule has 0 heterocycles. The van der Waals surface area contributed by atoms with E-state index in [1.54, 1.807) is 6.07 Å². The van der Waals surface area contributed by atoms with Crippen molar-refractivity contribution >= 4 is 21.6 Å². The Morgan fingerprint density at radius 3 is 2.52 bits per heavy atom. The lowest BCUT2D eigenvalue weighted by Crippen LogP contribution is -2.22. The van der Waals surface area contributed by atoms with Crippen molar-refractivity contribution in [1.29, 1.82) is 0 Å². The van der Waals surface area contributed by atoms with E-state index in [9.17, 15) is 4.39 Å². The van der Waals surface area contributed by atoms with Crippen LogP contribution in [-0.2, 0) is 13.1 Å². The standard InChI is InChI=1S/C17H20BrFN2/c1-3-20-11-13-8-6-10-16(19)17(13)21(2)12-14-7-4-5-9-15(14)18/h4-10,20H,3,11-12H2,1-2H3. The summed E-state index contributed by atoms with van der Waals surface area (Å²) in [6, 6.07) is 13.3. The number of halogens is 2. The summed E-state index contributed by atoms with van der Waals surface area (Å²) in [4.78, 5) is 1.96. The van der Waals surface area contributed by atoms with Crippen molar-refractivity contribution < 1.29 is 4.39 Å². The van der Waals surface area contributed by atoms with Crippen LogP contribution in [0.4, 0.5) is 10.1 Å². The first-order valence-electron chi connectivity index (χ1n) is 7.06. The van der Waals surface area contributed by atoms with Crippen LogP contribution in [0.2, 0.25) is 0 Å². The minimum absolute atomic E-state index is 0.181. The molecule has 0 atom stereocenters. The molecule has 2 aromatic rings. The Balaban J connectivity index is 2.26. The molecule has 0 fully saturated rings. The lowest BCUT2D eigenvalue weighted by atomic mass is 10.1. The molecule has 0 unspecified atom stereocenters. The fourth-order valence-corrected chi connectivity index (χ4v) is 2.76. The van der Waals surface area contributed by atoms with Crippen LogP contribution in [0.25, 0.3) is 0 Å². The zero-order valence-corrected chi connectivity index (χ0v) is 14.0. The van der Waals surface area contributed by atoms with Gasteiger partial charge in [0.2, 0.25) is 0 Å². The Labute approximate surface area is 134 Å². The Morgan fingerprint density at radius 1 is 1.10 bits per heavy atom. The molecule has 0 saturated heterocycles. The van der Waals surface area contributed by atoms with Crippen molar-refractivity contribution in [3.05, 3.63) is 63.9 Å². The van der Waals surface area contributed by atoms with Crippen LogP contribution in [0, 0.1) is 5.82 Å². The minimum atomic E-state index is -0.181. The van der Waals surface area contributed by atoms with E-state index in [4.69, 9.17) is 0 Å². The third-order valence-corrected chi connectivity index (χ3v) is 4.16. The summed E-state index contributed by atoms with van der Waals surface area (Å²) in [5.74, 6) is -0.181. The van der Waals surface area contributed by atoms with E-state index in [0.717, 1.165) is 22.1 Å². The molecule has 1 N–H and O–H groups in total. The van der Waals surface area contributed by atoms with E-state index in [-0.39, 0.29) is 5.82 Å². The summed E-state index contributed by atoms with van der Waals surface area (Å²) in [5.41, 5.74) is 2.78. The average Bonchev–Trinajstić information content (AvgIpc) is 2.47. The monoisotopic (exact) mass is 350 g/mol. The highest BCUT2D eigenvalue weighted by molar-refractivity contribution is 9.10. The van der Waals surface area contributed by atoms with E-state index in [0.29, 0.717) is 18.8 Å². The predicted octanol–water partition coefficient (Wildman–Crippen LogP) is 4.33. The van der Waals surface area contributed by atoms with Crippen molar-refractivity contribution in [2.75, 3.05) is 18.5 Å². The number of benzene rings is 2. The normalized spacial score (nSPS) is 10.7. The highest BCUT2D eigenvalue weighted by Gasteiger charge is 2.13. The van der Waals surface area contributed by atoms with Crippen molar-refractivity contribution in [3.63, 3.8) is 0 Å². The largest absolute Gasteiger partial charge is 0.368 e. The molecule has 21 heavy (non-hydrogen) atoms. The third kappa shape index (κ3) is 4.05. The van der Waals surface area contributed by atoms with Gasteiger partial charge in [-0.05, 0) is 29.8 Å². The molecule has 2 aromatic carbocycles. The van der Waals surface area contributed by atoms with Crippen LogP contribution in [0.1, 0.15) is 18.1 Å². The maximum atomic E-state index is 14.2. The molecular formula is C17H20BrFN2. The van der Waals surface area contributed by atoms with Gasteiger partial charge in [-0.3, -0.25) is 0 Å². The Kier molecular flexibility index (Phi) is 5.76. The highest BCUT2D eigenvalue weighted by atomic mass is 79.9. The van der Waals surface area contributed by atoms with Gasteiger partial charge in [-0.25, -0.2) is 4.39 Å². The van der Waals surface area contributed by atoms with Crippen LogP contribution in [0.15, 0.2) is 46.9 Å². The molecule has 0 aliphatic rings. The molecule has 0 saturated carbocycles. The molecule has 112 valence electrons. The first-order valence-corrected chi connectivity index (χ1v) is 7.85. The highest BCUT2D eigenvalue weighted by Crippen LogP contribution is 2.26. The second-order valence-corrected chi connectivity index (χ2v) is 5.83. The zero-order chi connectivity index (χ0) is 15.2. The average molecular weight is 351 g/mol. The second-order valence-electron chi connectivity index (χ2n) is 4.98. The summed E-state index contributed by atoms with van der Waals surface area (Å²) < 4.78 is 15.3. The molecule has 0 amide bonds. The summed E-state index contributed by atoms with van der Waals surface area (Å²) >= 11 is 3.54. The number of nitrogens with one attached hydrogen (secondary N) is 1. The van der Waals surface area contributed by atoms with Crippen LogP contribution in [-0.4, -0.2) is 13.6 Å². The van der Waals surface area contributed by atoms with Gasteiger partial charge in [0.25, 0.3) is 0 Å². The number of hydrogen-bond donors (Lipinski definition) is 1. The Morgan fingerprint density at radius 2 is 1.81 bits per heavy atom. The Hall–Kier alpha value is -1.39. The molecule has 0 aromatic heterocycles. The molecule has 2 nitrogen and oxygen atoms in total. The van der Waals surface area contributed by atoms with Crippen LogP contribution >= 0.6 is 15.9 Å². The fourth-order valence-electron chi connectivity index (χ4n) is 2.35. The van der Waals surface area contributed by atoms with E-state index >= 15 is 0 Å². The number of para-hydroxylation sites is 1. The molecule has 0 aliphatic carbocycles. The van der Waals surface area contributed by atoms with Gasteiger partial charge < -0.3 is 10.2 Å². The Bertz CT molecular complexity index is 601. The zero-order valence-electron chi connectivity index (χ0n) is 12.4. The van der Waals surface area contributed by atoms with Crippen LogP contribution in [0.3, 0.4) is 0 Å². The number of hydrogen-bond acceptors (Lipinski definition) is 2.